The van der Waals surface area contributed by atoms with E-state index in [1.165, 1.54) is 25.3 Å². The summed E-state index contributed by atoms with van der Waals surface area (Å²) in [5.74, 6) is 0.426. The molecule has 26 heavy (non-hydrogen) atoms. The van der Waals surface area contributed by atoms with Gasteiger partial charge in [-0.05, 0) is 37.2 Å². The Kier molecular flexibility index (Phi) is 5.14. The maximum absolute atomic E-state index is 13.5. The van der Waals surface area contributed by atoms with E-state index in [1.807, 2.05) is 0 Å². The molecule has 0 spiro atoms. The standard InChI is InChI=1S/C18H18FNO4S.ClH/c1-23-16-9-15-14(13-5-6-20-10-17(13)24-15)8-18(16)25(21,22)12-4-2-3-11(19)7-12;/h2-4,7-9,13,17,20H,5-6,10H2,1H3;1H/t13-,17-;/m0./s1. The molecule has 140 valence electrons. The summed E-state index contributed by atoms with van der Waals surface area (Å²) in [6.45, 7) is 1.59. The maximum Gasteiger partial charge on any atom is 0.210 e. The molecule has 0 radical (unpaired) electrons. The van der Waals surface area contributed by atoms with Crippen LogP contribution in [0.1, 0.15) is 17.9 Å². The molecule has 2 aromatic carbocycles. The van der Waals surface area contributed by atoms with Crippen molar-refractivity contribution in [3.05, 3.63) is 47.8 Å². The van der Waals surface area contributed by atoms with E-state index in [4.69, 9.17) is 9.47 Å². The molecule has 0 aromatic heterocycles. The average molecular weight is 400 g/mol. The number of methoxy groups -OCH3 is 1. The van der Waals surface area contributed by atoms with Crippen LogP contribution in [-0.4, -0.2) is 34.7 Å². The zero-order chi connectivity index (χ0) is 17.6. The largest absolute Gasteiger partial charge is 0.495 e. The monoisotopic (exact) mass is 399 g/mol. The molecule has 2 aliphatic rings. The van der Waals surface area contributed by atoms with Gasteiger partial charge < -0.3 is 14.8 Å². The molecule has 0 saturated carbocycles. The van der Waals surface area contributed by atoms with Gasteiger partial charge >= 0.3 is 0 Å². The van der Waals surface area contributed by atoms with Gasteiger partial charge in [-0.1, -0.05) is 6.07 Å². The van der Waals surface area contributed by atoms with E-state index in [1.54, 1.807) is 12.1 Å². The van der Waals surface area contributed by atoms with Crippen LogP contribution in [-0.2, 0) is 9.84 Å². The molecule has 5 nitrogen and oxygen atoms in total. The van der Waals surface area contributed by atoms with Gasteiger partial charge in [-0.2, -0.15) is 0 Å². The second kappa shape index (κ2) is 7.06. The highest BCUT2D eigenvalue weighted by Gasteiger charge is 2.38. The van der Waals surface area contributed by atoms with Crippen molar-refractivity contribution in [3.63, 3.8) is 0 Å². The summed E-state index contributed by atoms with van der Waals surface area (Å²) in [7, 11) is -2.49. The summed E-state index contributed by atoms with van der Waals surface area (Å²) >= 11 is 0. The minimum atomic E-state index is -3.90. The second-order valence-corrected chi connectivity index (χ2v) is 8.18. The van der Waals surface area contributed by atoms with Gasteiger partial charge in [0.15, 0.2) is 0 Å². The fourth-order valence-electron chi connectivity index (χ4n) is 3.55. The number of hydrogen-bond acceptors (Lipinski definition) is 5. The Balaban J connectivity index is 0.00000196. The number of ether oxygens (including phenoxy) is 2. The van der Waals surface area contributed by atoms with Crippen molar-refractivity contribution in [2.75, 3.05) is 20.2 Å². The van der Waals surface area contributed by atoms with Crippen molar-refractivity contribution < 1.29 is 22.3 Å². The van der Waals surface area contributed by atoms with Crippen molar-refractivity contribution in [2.24, 2.45) is 0 Å². The molecule has 1 saturated heterocycles. The Labute approximate surface area is 157 Å². The lowest BCUT2D eigenvalue weighted by Crippen LogP contribution is -2.39. The molecule has 8 heteroatoms. The molecular weight excluding hydrogens is 381 g/mol. The molecule has 0 unspecified atom stereocenters. The number of sulfone groups is 1. The number of rotatable bonds is 3. The highest BCUT2D eigenvalue weighted by molar-refractivity contribution is 7.91. The van der Waals surface area contributed by atoms with Crippen molar-refractivity contribution in [3.8, 4) is 11.5 Å². The Bertz CT molecular complexity index is 935. The number of nitrogens with one attached hydrogen (secondary N) is 1. The van der Waals surface area contributed by atoms with Crippen LogP contribution >= 0.6 is 12.4 Å². The number of benzene rings is 2. The van der Waals surface area contributed by atoms with Gasteiger partial charge in [0.2, 0.25) is 9.84 Å². The Morgan fingerprint density at radius 3 is 2.81 bits per heavy atom. The smallest absolute Gasteiger partial charge is 0.210 e. The van der Waals surface area contributed by atoms with Crippen LogP contribution in [0.3, 0.4) is 0 Å². The first-order valence-corrected chi connectivity index (χ1v) is 9.59. The highest BCUT2D eigenvalue weighted by Crippen LogP contribution is 2.46. The highest BCUT2D eigenvalue weighted by atomic mass is 35.5. The summed E-state index contributed by atoms with van der Waals surface area (Å²) in [6.07, 6.45) is 0.879. The number of halogens is 2. The minimum Gasteiger partial charge on any atom is -0.495 e. The Morgan fingerprint density at radius 1 is 1.27 bits per heavy atom. The van der Waals surface area contributed by atoms with Gasteiger partial charge in [0, 0.05) is 24.1 Å². The van der Waals surface area contributed by atoms with Gasteiger partial charge in [-0.3, -0.25) is 0 Å². The predicted molar refractivity (Wildman–Crippen MR) is 96.7 cm³/mol. The molecule has 0 aliphatic carbocycles. The van der Waals surface area contributed by atoms with E-state index in [9.17, 15) is 12.8 Å². The topological polar surface area (TPSA) is 64.6 Å². The predicted octanol–water partition coefficient (Wildman–Crippen LogP) is 2.93. The van der Waals surface area contributed by atoms with Crippen molar-refractivity contribution in [1.29, 1.82) is 0 Å². The lowest BCUT2D eigenvalue weighted by atomic mass is 9.90. The molecule has 0 amide bonds. The quantitative estimate of drug-likeness (QED) is 0.859. The zero-order valence-corrected chi connectivity index (χ0v) is 15.7. The lowest BCUT2D eigenvalue weighted by molar-refractivity contribution is 0.176. The van der Waals surface area contributed by atoms with E-state index in [0.29, 0.717) is 5.75 Å². The fraction of sp³-hybridized carbons (Fsp3) is 0.333. The van der Waals surface area contributed by atoms with E-state index in [2.05, 4.69) is 5.32 Å². The summed E-state index contributed by atoms with van der Waals surface area (Å²) in [5, 5.41) is 3.28. The third kappa shape index (κ3) is 3.04. The van der Waals surface area contributed by atoms with Crippen LogP contribution in [0.4, 0.5) is 4.39 Å². The van der Waals surface area contributed by atoms with Gasteiger partial charge in [0.05, 0.1) is 12.0 Å². The summed E-state index contributed by atoms with van der Waals surface area (Å²) in [6, 6.07) is 8.26. The van der Waals surface area contributed by atoms with Crippen LogP contribution in [0.25, 0.3) is 0 Å². The molecule has 2 atom stereocenters. The molecule has 0 bridgehead atoms. The molecule has 4 rings (SSSR count). The Hall–Kier alpha value is -1.83. The first kappa shape index (κ1) is 18.9. The summed E-state index contributed by atoms with van der Waals surface area (Å²) < 4.78 is 50.8. The first-order valence-electron chi connectivity index (χ1n) is 8.10. The van der Waals surface area contributed by atoms with Gasteiger partial charge in [0.25, 0.3) is 0 Å². The SMILES string of the molecule is COc1cc2c(cc1S(=O)(=O)c1cccc(F)c1)[C@@H]1CCNC[C@@H]1O2.Cl. The Morgan fingerprint density at radius 2 is 2.08 bits per heavy atom. The number of hydrogen-bond donors (Lipinski definition) is 1. The fourth-order valence-corrected chi connectivity index (χ4v) is 5.02. The van der Waals surface area contributed by atoms with E-state index in [0.717, 1.165) is 31.1 Å². The maximum atomic E-state index is 13.5. The molecule has 1 fully saturated rings. The van der Waals surface area contributed by atoms with Crippen LogP contribution in [0.2, 0.25) is 0 Å². The lowest BCUT2D eigenvalue weighted by Gasteiger charge is -2.24. The third-order valence-electron chi connectivity index (χ3n) is 4.80. The minimum absolute atomic E-state index is 0. The van der Waals surface area contributed by atoms with E-state index >= 15 is 0 Å². The van der Waals surface area contributed by atoms with Crippen LogP contribution in [0, 0.1) is 5.82 Å². The molecule has 2 heterocycles. The average Bonchev–Trinajstić information content (AvgIpc) is 2.98. The van der Waals surface area contributed by atoms with Crippen LogP contribution in [0.15, 0.2) is 46.2 Å². The van der Waals surface area contributed by atoms with Gasteiger partial charge in [-0.15, -0.1) is 12.4 Å². The van der Waals surface area contributed by atoms with Crippen molar-refractivity contribution >= 4 is 22.2 Å². The van der Waals surface area contributed by atoms with Crippen molar-refractivity contribution in [2.45, 2.75) is 28.2 Å². The molecule has 1 N–H and O–H groups in total. The van der Waals surface area contributed by atoms with Crippen LogP contribution < -0.4 is 14.8 Å². The normalized spacial score (nSPS) is 21.2. The summed E-state index contributed by atoms with van der Waals surface area (Å²) in [5.41, 5.74) is 0.877. The number of piperidine rings is 1. The van der Waals surface area contributed by atoms with Crippen molar-refractivity contribution in [1.82, 2.24) is 5.32 Å². The third-order valence-corrected chi connectivity index (χ3v) is 6.57. The van der Waals surface area contributed by atoms with Gasteiger partial charge in [0.1, 0.15) is 28.3 Å². The molecular formula is C18H19ClFNO4S. The zero-order valence-electron chi connectivity index (χ0n) is 14.1. The second-order valence-electron chi connectivity index (χ2n) is 6.26. The van der Waals surface area contributed by atoms with Crippen LogP contribution in [0.5, 0.6) is 11.5 Å². The number of fused-ring (bicyclic) bond motifs is 3. The molecule has 2 aliphatic heterocycles. The van der Waals surface area contributed by atoms with E-state index < -0.39 is 15.7 Å². The summed E-state index contributed by atoms with van der Waals surface area (Å²) in [4.78, 5) is -0.0475. The molecule has 2 aromatic rings. The van der Waals surface area contributed by atoms with E-state index in [-0.39, 0.29) is 40.0 Å². The van der Waals surface area contributed by atoms with Gasteiger partial charge in [-0.25, -0.2) is 12.8 Å². The first-order chi connectivity index (χ1) is 12.0.